The third kappa shape index (κ3) is 10.6. The molecule has 9 heteroatoms. The first-order chi connectivity index (χ1) is 28.5. The highest BCUT2D eigenvalue weighted by atomic mass is 16.7. The molecule has 2 aliphatic rings. The van der Waals surface area contributed by atoms with E-state index in [9.17, 15) is 9.90 Å². The van der Waals surface area contributed by atoms with Crippen LogP contribution in [0.2, 0.25) is 0 Å². The van der Waals surface area contributed by atoms with E-state index in [4.69, 9.17) is 14.2 Å². The van der Waals surface area contributed by atoms with Crippen LogP contribution in [0.1, 0.15) is 46.6 Å². The van der Waals surface area contributed by atoms with Gasteiger partial charge >= 0.3 is 6.03 Å². The molecular weight excluding hydrogens is 725 g/mol. The predicted molar refractivity (Wildman–Crippen MR) is 227 cm³/mol. The number of nitrogens with zero attached hydrogens (tertiary/aromatic N) is 2. The molecule has 58 heavy (non-hydrogen) atoms. The van der Waals surface area contributed by atoms with Crippen molar-refractivity contribution in [2.24, 2.45) is 0 Å². The minimum atomic E-state index is -0.548. The normalized spacial score (nSPS) is 18.7. The van der Waals surface area contributed by atoms with Gasteiger partial charge < -0.3 is 30.0 Å². The Hall–Kier alpha value is -5.81. The van der Waals surface area contributed by atoms with Gasteiger partial charge in [0.15, 0.2) is 6.29 Å². The number of urea groups is 1. The summed E-state index contributed by atoms with van der Waals surface area (Å²) in [6.07, 6.45) is 0.0237. The van der Waals surface area contributed by atoms with Gasteiger partial charge in [-0.25, -0.2) is 4.79 Å². The zero-order valence-electron chi connectivity index (χ0n) is 32.6. The smallest absolute Gasteiger partial charge is 0.319 e. The molecule has 0 aromatic heterocycles. The summed E-state index contributed by atoms with van der Waals surface area (Å²) in [5.41, 5.74) is 7.98. The predicted octanol–water partition coefficient (Wildman–Crippen LogP) is 9.32. The van der Waals surface area contributed by atoms with Crippen molar-refractivity contribution in [1.29, 1.82) is 0 Å². The molecule has 2 saturated heterocycles. The van der Waals surface area contributed by atoms with Crippen molar-refractivity contribution in [1.82, 2.24) is 15.1 Å². The lowest BCUT2D eigenvalue weighted by atomic mass is 9.98. The number of aliphatic hydroxyl groups is 1. The lowest BCUT2D eigenvalue weighted by Gasteiger charge is -2.41. The van der Waals surface area contributed by atoms with E-state index in [0.717, 1.165) is 84.8 Å². The first kappa shape index (κ1) is 39.0. The van der Waals surface area contributed by atoms with Crippen LogP contribution in [0.5, 0.6) is 11.5 Å². The van der Waals surface area contributed by atoms with Crippen LogP contribution in [0, 0.1) is 0 Å². The van der Waals surface area contributed by atoms with E-state index in [1.807, 2.05) is 84.9 Å². The first-order valence-corrected chi connectivity index (χ1v) is 20.1. The summed E-state index contributed by atoms with van der Waals surface area (Å²) >= 11 is 0. The van der Waals surface area contributed by atoms with Gasteiger partial charge in [0.1, 0.15) is 11.5 Å². The number of carbonyl (C=O) groups is 1. The molecule has 8 rings (SSSR count). The van der Waals surface area contributed by atoms with Gasteiger partial charge in [0.05, 0.1) is 18.8 Å². The Bertz CT molecular complexity index is 2210. The molecule has 2 fully saturated rings. The number of rotatable bonds is 13. The fraction of sp³-hybridized carbons (Fsp3) is 0.245. The lowest BCUT2D eigenvalue weighted by Crippen LogP contribution is -2.49. The average molecular weight is 775 g/mol. The van der Waals surface area contributed by atoms with Crippen LogP contribution in [-0.2, 0) is 29.2 Å². The van der Waals surface area contributed by atoms with Crippen molar-refractivity contribution in [3.63, 3.8) is 0 Å². The standard InChI is InChI=1S/C49H50N4O5/c54-35-37-17-19-39(20-18-37)47-31-46(34-53-27-25-52(26-28-53)33-36-9-3-1-4-10-36)57-48(58-47)42-14-8-13-41(30-42)40-12-7-11-38(29-40)32-50-49(55)51-43-21-23-45(24-22-43)56-44-15-5-2-6-16-44/h1-24,29-30,46-48,54H,25-28,31-35H2,(H2,50,51,55). The zero-order chi connectivity index (χ0) is 39.5. The maximum atomic E-state index is 12.8. The maximum Gasteiger partial charge on any atom is 0.319 e. The third-order valence-electron chi connectivity index (χ3n) is 10.8. The van der Waals surface area contributed by atoms with Gasteiger partial charge in [-0.2, -0.15) is 0 Å². The summed E-state index contributed by atoms with van der Waals surface area (Å²) in [7, 11) is 0. The molecule has 2 aliphatic heterocycles. The number of piperazine rings is 1. The van der Waals surface area contributed by atoms with Crippen LogP contribution in [-0.4, -0.2) is 59.8 Å². The largest absolute Gasteiger partial charge is 0.457 e. The highest BCUT2D eigenvalue weighted by Gasteiger charge is 2.34. The number of carbonyl (C=O) groups excluding carboxylic acids is 1. The Balaban J connectivity index is 0.901. The molecule has 296 valence electrons. The van der Waals surface area contributed by atoms with Crippen molar-refractivity contribution >= 4 is 11.7 Å². The van der Waals surface area contributed by atoms with E-state index in [1.165, 1.54) is 5.56 Å². The molecule has 0 spiro atoms. The molecule has 2 amide bonds. The molecule has 6 aromatic carbocycles. The van der Waals surface area contributed by atoms with Crippen molar-refractivity contribution in [2.45, 2.75) is 44.6 Å². The number of hydrogen-bond acceptors (Lipinski definition) is 7. The Kier molecular flexibility index (Phi) is 12.8. The quantitative estimate of drug-likeness (QED) is 0.108. The van der Waals surface area contributed by atoms with Crippen LogP contribution in [0.15, 0.2) is 158 Å². The molecule has 2 heterocycles. The van der Waals surface area contributed by atoms with E-state index in [1.54, 1.807) is 0 Å². The van der Waals surface area contributed by atoms with Crippen molar-refractivity contribution in [3.8, 4) is 22.6 Å². The van der Waals surface area contributed by atoms with E-state index < -0.39 is 6.29 Å². The Labute approximate surface area is 340 Å². The van der Waals surface area contributed by atoms with Crippen LogP contribution in [0.25, 0.3) is 11.1 Å². The van der Waals surface area contributed by atoms with Gasteiger partial charge in [0.2, 0.25) is 0 Å². The zero-order valence-corrected chi connectivity index (χ0v) is 32.6. The molecule has 3 unspecified atom stereocenters. The molecule has 0 saturated carbocycles. The summed E-state index contributed by atoms with van der Waals surface area (Å²) < 4.78 is 19.4. The van der Waals surface area contributed by atoms with Gasteiger partial charge in [-0.1, -0.05) is 109 Å². The van der Waals surface area contributed by atoms with Gasteiger partial charge in [-0.15, -0.1) is 0 Å². The molecule has 0 bridgehead atoms. The molecule has 0 radical (unpaired) electrons. The Morgan fingerprint density at radius 3 is 2.03 bits per heavy atom. The van der Waals surface area contributed by atoms with E-state index in [0.29, 0.717) is 18.0 Å². The third-order valence-corrected chi connectivity index (χ3v) is 10.8. The summed E-state index contributed by atoms with van der Waals surface area (Å²) in [6.45, 7) is 6.21. The molecule has 6 aromatic rings. The summed E-state index contributed by atoms with van der Waals surface area (Å²) in [4.78, 5) is 17.9. The minimum Gasteiger partial charge on any atom is -0.457 e. The van der Waals surface area contributed by atoms with Crippen molar-refractivity contribution in [3.05, 3.63) is 186 Å². The van der Waals surface area contributed by atoms with E-state index in [2.05, 4.69) is 93.2 Å². The number of benzene rings is 6. The summed E-state index contributed by atoms with van der Waals surface area (Å²) in [5.74, 6) is 1.45. The molecular formula is C49H50N4O5. The number of ether oxygens (including phenoxy) is 3. The average Bonchev–Trinajstić information content (AvgIpc) is 3.28. The van der Waals surface area contributed by atoms with Gasteiger partial charge in [-0.05, 0) is 81.9 Å². The molecule has 0 aliphatic carbocycles. The summed E-state index contributed by atoms with van der Waals surface area (Å²) in [5, 5.41) is 15.5. The van der Waals surface area contributed by atoms with Crippen LogP contribution < -0.4 is 15.4 Å². The molecule has 3 atom stereocenters. The fourth-order valence-electron chi connectivity index (χ4n) is 7.61. The lowest BCUT2D eigenvalue weighted by molar-refractivity contribution is -0.253. The Morgan fingerprint density at radius 1 is 0.638 bits per heavy atom. The second-order valence-corrected chi connectivity index (χ2v) is 15.0. The highest BCUT2D eigenvalue weighted by molar-refractivity contribution is 5.89. The van der Waals surface area contributed by atoms with Crippen LogP contribution >= 0.6 is 0 Å². The van der Waals surface area contributed by atoms with E-state index in [-0.39, 0.29) is 24.8 Å². The van der Waals surface area contributed by atoms with Gasteiger partial charge in [0.25, 0.3) is 0 Å². The minimum absolute atomic E-state index is 0.00809. The number of nitrogens with one attached hydrogen (secondary N) is 2. The van der Waals surface area contributed by atoms with Gasteiger partial charge in [0, 0.05) is 63.5 Å². The van der Waals surface area contributed by atoms with Crippen molar-refractivity contribution < 1.29 is 24.1 Å². The number of para-hydroxylation sites is 1. The molecule has 9 nitrogen and oxygen atoms in total. The SMILES string of the molecule is O=C(NCc1cccc(-c2cccc(C3OC(CN4CCN(Cc5ccccc5)CC4)CC(c4ccc(CO)cc4)O3)c2)c1)Nc1ccc(Oc2ccccc2)cc1. The van der Waals surface area contributed by atoms with Crippen LogP contribution in [0.4, 0.5) is 10.5 Å². The number of aliphatic hydroxyl groups excluding tert-OH is 1. The van der Waals surface area contributed by atoms with E-state index >= 15 is 0 Å². The Morgan fingerprint density at radius 2 is 1.29 bits per heavy atom. The number of hydrogen-bond donors (Lipinski definition) is 3. The summed E-state index contributed by atoms with van der Waals surface area (Å²) in [6, 6.07) is 51.9. The van der Waals surface area contributed by atoms with Crippen LogP contribution in [0.3, 0.4) is 0 Å². The fourth-order valence-corrected chi connectivity index (χ4v) is 7.61. The topological polar surface area (TPSA) is 95.5 Å². The second kappa shape index (κ2) is 19.1. The van der Waals surface area contributed by atoms with Crippen molar-refractivity contribution in [2.75, 3.05) is 38.0 Å². The van der Waals surface area contributed by atoms with Gasteiger partial charge in [-0.3, -0.25) is 9.80 Å². The second-order valence-electron chi connectivity index (χ2n) is 15.0. The molecule has 3 N–H and O–H groups in total. The first-order valence-electron chi connectivity index (χ1n) is 20.1. The highest BCUT2D eigenvalue weighted by Crippen LogP contribution is 2.39. The monoisotopic (exact) mass is 774 g/mol. The maximum absolute atomic E-state index is 12.8. The number of amides is 2. The number of anilines is 1.